The molecule has 5 heteroatoms. The van der Waals surface area contributed by atoms with E-state index in [1.165, 1.54) is 5.56 Å². The molecule has 0 amide bonds. The van der Waals surface area contributed by atoms with Crippen LogP contribution in [0.4, 0.5) is 5.69 Å². The van der Waals surface area contributed by atoms with E-state index in [4.69, 9.17) is 13.9 Å². The van der Waals surface area contributed by atoms with Crippen LogP contribution in [0, 0.1) is 6.92 Å². The van der Waals surface area contributed by atoms with Gasteiger partial charge in [0.25, 0.3) is 0 Å². The average molecular weight is 367 g/mol. The van der Waals surface area contributed by atoms with Gasteiger partial charge in [0, 0.05) is 29.8 Å². The van der Waals surface area contributed by atoms with Crippen LogP contribution in [0.2, 0.25) is 0 Å². The predicted molar refractivity (Wildman–Crippen MR) is 108 cm³/mol. The second-order valence-electron chi connectivity index (χ2n) is 6.87. The average Bonchev–Trinajstić information content (AvgIpc) is 2.64. The summed E-state index contributed by atoms with van der Waals surface area (Å²) in [5.41, 5.74) is 4.44. The van der Waals surface area contributed by atoms with Gasteiger partial charge in [-0.15, -0.1) is 0 Å². The molecule has 0 aliphatic carbocycles. The van der Waals surface area contributed by atoms with Crippen molar-refractivity contribution in [2.75, 3.05) is 19.5 Å². The number of nitrogens with one attached hydrogen (secondary N) is 1. The van der Waals surface area contributed by atoms with Crippen LogP contribution in [0.3, 0.4) is 0 Å². The Morgan fingerprint density at radius 3 is 2.44 bits per heavy atom. The summed E-state index contributed by atoms with van der Waals surface area (Å²) >= 11 is 0. The maximum atomic E-state index is 12.0. The fraction of sp³-hybridized carbons (Fsp3) is 0.318. The monoisotopic (exact) mass is 367 g/mol. The first-order valence-electron chi connectivity index (χ1n) is 8.96. The molecule has 0 aliphatic rings. The minimum Gasteiger partial charge on any atom is -0.493 e. The van der Waals surface area contributed by atoms with Gasteiger partial charge in [-0.25, -0.2) is 4.79 Å². The second-order valence-corrected chi connectivity index (χ2v) is 6.87. The number of aryl methyl sites for hydroxylation is 1. The summed E-state index contributed by atoms with van der Waals surface area (Å²) in [5, 5.41) is 4.31. The van der Waals surface area contributed by atoms with Crippen LogP contribution in [-0.4, -0.2) is 14.2 Å². The summed E-state index contributed by atoms with van der Waals surface area (Å²) in [6.45, 7) is 6.87. The Balaban J connectivity index is 1.97. The molecule has 0 bridgehead atoms. The largest absolute Gasteiger partial charge is 0.493 e. The Kier molecular flexibility index (Phi) is 5.40. The van der Waals surface area contributed by atoms with Crippen LogP contribution in [0.5, 0.6) is 11.5 Å². The van der Waals surface area contributed by atoms with Gasteiger partial charge in [-0.1, -0.05) is 13.8 Å². The number of benzene rings is 2. The smallest absolute Gasteiger partial charge is 0.336 e. The fourth-order valence-corrected chi connectivity index (χ4v) is 3.30. The summed E-state index contributed by atoms with van der Waals surface area (Å²) in [4.78, 5) is 12.0. The van der Waals surface area contributed by atoms with Gasteiger partial charge < -0.3 is 19.2 Å². The lowest BCUT2D eigenvalue weighted by Crippen LogP contribution is -2.07. The summed E-state index contributed by atoms with van der Waals surface area (Å²) in [5.74, 6) is 1.72. The summed E-state index contributed by atoms with van der Waals surface area (Å²) in [7, 11) is 3.21. The van der Waals surface area contributed by atoms with Crippen LogP contribution in [0.1, 0.15) is 36.5 Å². The third-order valence-electron chi connectivity index (χ3n) is 4.71. The van der Waals surface area contributed by atoms with Crippen LogP contribution in [0.25, 0.3) is 11.0 Å². The standard InChI is InChI=1S/C22H25NO4/c1-13(2)17-11-18-15(9-22(24)27-20(18)8-14(17)3)12-23-16-6-7-19(25-4)21(10-16)26-5/h6-11,13,23H,12H2,1-5H3. The number of ether oxygens (including phenoxy) is 2. The molecule has 0 unspecified atom stereocenters. The molecule has 3 aromatic rings. The van der Waals surface area contributed by atoms with Crippen LogP contribution >= 0.6 is 0 Å². The van der Waals surface area contributed by atoms with Crippen molar-refractivity contribution in [2.24, 2.45) is 0 Å². The lowest BCUT2D eigenvalue weighted by atomic mass is 9.95. The molecule has 0 aliphatic heterocycles. The van der Waals surface area contributed by atoms with Crippen molar-refractivity contribution in [3.8, 4) is 11.5 Å². The maximum Gasteiger partial charge on any atom is 0.336 e. The third-order valence-corrected chi connectivity index (χ3v) is 4.71. The molecule has 0 radical (unpaired) electrons. The van der Waals surface area contributed by atoms with E-state index in [1.807, 2.05) is 31.2 Å². The zero-order valence-corrected chi connectivity index (χ0v) is 16.4. The molecule has 1 heterocycles. The Hall–Kier alpha value is -2.95. The van der Waals surface area contributed by atoms with E-state index in [1.54, 1.807) is 20.3 Å². The van der Waals surface area contributed by atoms with Crippen molar-refractivity contribution in [3.63, 3.8) is 0 Å². The van der Waals surface area contributed by atoms with Crippen molar-refractivity contribution in [3.05, 3.63) is 63.5 Å². The highest BCUT2D eigenvalue weighted by molar-refractivity contribution is 5.82. The fourth-order valence-electron chi connectivity index (χ4n) is 3.30. The van der Waals surface area contributed by atoms with E-state index in [-0.39, 0.29) is 5.63 Å². The first-order valence-corrected chi connectivity index (χ1v) is 8.96. The van der Waals surface area contributed by atoms with E-state index in [0.29, 0.717) is 29.5 Å². The first kappa shape index (κ1) is 18.8. The van der Waals surface area contributed by atoms with E-state index in [0.717, 1.165) is 22.2 Å². The Morgan fingerprint density at radius 2 is 1.78 bits per heavy atom. The molecule has 27 heavy (non-hydrogen) atoms. The van der Waals surface area contributed by atoms with E-state index in [9.17, 15) is 4.79 Å². The van der Waals surface area contributed by atoms with Crippen molar-refractivity contribution in [1.82, 2.24) is 0 Å². The molecule has 0 fully saturated rings. The van der Waals surface area contributed by atoms with Gasteiger partial charge in [-0.3, -0.25) is 0 Å². The normalized spacial score (nSPS) is 11.0. The molecule has 3 rings (SSSR count). The van der Waals surface area contributed by atoms with E-state index >= 15 is 0 Å². The molecule has 5 nitrogen and oxygen atoms in total. The molecule has 1 aromatic heterocycles. The van der Waals surface area contributed by atoms with E-state index in [2.05, 4.69) is 25.2 Å². The number of anilines is 1. The molecule has 0 atom stereocenters. The van der Waals surface area contributed by atoms with Gasteiger partial charge in [0.1, 0.15) is 5.58 Å². The van der Waals surface area contributed by atoms with Crippen molar-refractivity contribution in [1.29, 1.82) is 0 Å². The minimum atomic E-state index is -0.344. The molecule has 2 aromatic carbocycles. The van der Waals surface area contributed by atoms with Gasteiger partial charge in [0.05, 0.1) is 14.2 Å². The molecule has 0 saturated carbocycles. The predicted octanol–water partition coefficient (Wildman–Crippen LogP) is 4.85. The highest BCUT2D eigenvalue weighted by Crippen LogP contribution is 2.31. The molecular formula is C22H25NO4. The zero-order valence-electron chi connectivity index (χ0n) is 16.4. The maximum absolute atomic E-state index is 12.0. The van der Waals surface area contributed by atoms with Crippen LogP contribution in [-0.2, 0) is 6.54 Å². The number of rotatable bonds is 6. The van der Waals surface area contributed by atoms with Gasteiger partial charge in [-0.05, 0) is 53.8 Å². The Labute approximate surface area is 158 Å². The van der Waals surface area contributed by atoms with Gasteiger partial charge in [-0.2, -0.15) is 0 Å². The number of hydrogen-bond donors (Lipinski definition) is 1. The molecule has 142 valence electrons. The third kappa shape index (κ3) is 3.92. The van der Waals surface area contributed by atoms with Gasteiger partial charge in [0.15, 0.2) is 11.5 Å². The topological polar surface area (TPSA) is 60.7 Å². The lowest BCUT2D eigenvalue weighted by Gasteiger charge is -2.14. The van der Waals surface area contributed by atoms with Crippen LogP contribution in [0.15, 0.2) is 45.6 Å². The molecular weight excluding hydrogens is 342 g/mol. The Morgan fingerprint density at radius 1 is 1.04 bits per heavy atom. The quantitative estimate of drug-likeness (QED) is 0.631. The van der Waals surface area contributed by atoms with Gasteiger partial charge in [0.2, 0.25) is 0 Å². The van der Waals surface area contributed by atoms with Gasteiger partial charge >= 0.3 is 5.63 Å². The SMILES string of the molecule is COc1ccc(NCc2cc(=O)oc3cc(C)c(C(C)C)cc23)cc1OC. The summed E-state index contributed by atoms with van der Waals surface area (Å²) in [6, 6.07) is 11.3. The summed E-state index contributed by atoms with van der Waals surface area (Å²) in [6.07, 6.45) is 0. The van der Waals surface area contributed by atoms with E-state index < -0.39 is 0 Å². The number of hydrogen-bond acceptors (Lipinski definition) is 5. The Bertz CT molecular complexity index is 1020. The lowest BCUT2D eigenvalue weighted by molar-refractivity contribution is 0.355. The molecule has 1 N–H and O–H groups in total. The number of fused-ring (bicyclic) bond motifs is 1. The van der Waals surface area contributed by atoms with Crippen molar-refractivity contribution < 1.29 is 13.9 Å². The van der Waals surface area contributed by atoms with Crippen molar-refractivity contribution in [2.45, 2.75) is 33.2 Å². The molecule has 0 saturated heterocycles. The highest BCUT2D eigenvalue weighted by atomic mass is 16.5. The zero-order chi connectivity index (χ0) is 19.6. The minimum absolute atomic E-state index is 0.344. The highest BCUT2D eigenvalue weighted by Gasteiger charge is 2.12. The van der Waals surface area contributed by atoms with Crippen LogP contribution < -0.4 is 20.4 Å². The van der Waals surface area contributed by atoms with Crippen molar-refractivity contribution >= 4 is 16.7 Å². The first-order chi connectivity index (χ1) is 12.9. The summed E-state index contributed by atoms with van der Waals surface area (Å²) < 4.78 is 16.0. The molecule has 0 spiro atoms. The second kappa shape index (κ2) is 7.74. The number of methoxy groups -OCH3 is 2.